The molecule has 0 unspecified atom stereocenters. The fourth-order valence-corrected chi connectivity index (χ4v) is 5.06. The van der Waals surface area contributed by atoms with Crippen molar-refractivity contribution in [2.75, 3.05) is 19.5 Å². The fourth-order valence-electron chi connectivity index (χ4n) is 4.09. The standard InChI is InChI=1S/C28H28N4O2S/c1-32-23-17-22(25-15-14-24(35-25)20-10-12-21(33-2)13-11-20)30-28(29)27(23)31-26(32)9-6-16-34-18-19-7-4-3-5-8-19/h3-5,7-8,10-15,17H,6,9,16,18H2,1-2H3,(H2,29,30). The van der Waals surface area contributed by atoms with Crippen LogP contribution in [0.5, 0.6) is 5.75 Å². The molecule has 35 heavy (non-hydrogen) atoms. The molecule has 3 aromatic heterocycles. The van der Waals surface area contributed by atoms with Gasteiger partial charge in [-0.2, -0.15) is 0 Å². The summed E-state index contributed by atoms with van der Waals surface area (Å²) in [5.41, 5.74) is 11.3. The number of thiophene rings is 1. The second-order valence-electron chi connectivity index (χ2n) is 8.38. The van der Waals surface area contributed by atoms with Crippen LogP contribution in [0.3, 0.4) is 0 Å². The van der Waals surface area contributed by atoms with Gasteiger partial charge in [0.05, 0.1) is 29.8 Å². The Morgan fingerprint density at radius 2 is 1.71 bits per heavy atom. The summed E-state index contributed by atoms with van der Waals surface area (Å²) in [5, 5.41) is 0. The average molecular weight is 485 g/mol. The summed E-state index contributed by atoms with van der Waals surface area (Å²) in [5.74, 6) is 2.29. The number of aromatic nitrogens is 3. The zero-order valence-corrected chi connectivity index (χ0v) is 20.7. The Kier molecular flexibility index (Phi) is 6.79. The van der Waals surface area contributed by atoms with E-state index in [1.165, 1.54) is 10.4 Å². The van der Waals surface area contributed by atoms with Crippen LogP contribution in [0.4, 0.5) is 5.82 Å². The summed E-state index contributed by atoms with van der Waals surface area (Å²) in [4.78, 5) is 11.7. The second kappa shape index (κ2) is 10.3. The van der Waals surface area contributed by atoms with E-state index < -0.39 is 0 Å². The van der Waals surface area contributed by atoms with E-state index in [1.807, 2.05) is 37.4 Å². The number of benzene rings is 2. The van der Waals surface area contributed by atoms with Crippen LogP contribution >= 0.6 is 11.3 Å². The Bertz CT molecular complexity index is 1430. The molecule has 0 radical (unpaired) electrons. The number of rotatable bonds is 9. The Hall–Kier alpha value is -3.68. The van der Waals surface area contributed by atoms with E-state index in [0.717, 1.165) is 51.6 Å². The van der Waals surface area contributed by atoms with Gasteiger partial charge < -0.3 is 19.8 Å². The fraction of sp³-hybridized carbons (Fsp3) is 0.214. The first-order chi connectivity index (χ1) is 17.1. The van der Waals surface area contributed by atoms with Gasteiger partial charge in [0.25, 0.3) is 0 Å². The van der Waals surface area contributed by atoms with Gasteiger partial charge in [-0.25, -0.2) is 9.97 Å². The molecule has 0 saturated carbocycles. The molecule has 0 saturated heterocycles. The first-order valence-electron chi connectivity index (χ1n) is 11.6. The van der Waals surface area contributed by atoms with Crippen molar-refractivity contribution in [3.63, 3.8) is 0 Å². The quantitative estimate of drug-likeness (QED) is 0.256. The maximum atomic E-state index is 6.35. The summed E-state index contributed by atoms with van der Waals surface area (Å²) < 4.78 is 13.2. The number of imidazole rings is 1. The smallest absolute Gasteiger partial charge is 0.152 e. The molecule has 6 nitrogen and oxygen atoms in total. The number of ether oxygens (including phenoxy) is 2. The molecule has 7 heteroatoms. The molecule has 0 aliphatic carbocycles. The van der Waals surface area contributed by atoms with Crippen molar-refractivity contribution in [2.24, 2.45) is 7.05 Å². The molecular weight excluding hydrogens is 456 g/mol. The Morgan fingerprint density at radius 1 is 0.943 bits per heavy atom. The molecule has 0 spiro atoms. The van der Waals surface area contributed by atoms with Gasteiger partial charge in [0, 0.05) is 25.0 Å². The van der Waals surface area contributed by atoms with E-state index in [2.05, 4.69) is 52.0 Å². The zero-order chi connectivity index (χ0) is 24.2. The van der Waals surface area contributed by atoms with E-state index in [1.54, 1.807) is 18.4 Å². The predicted molar refractivity (Wildman–Crippen MR) is 143 cm³/mol. The molecule has 0 fully saturated rings. The highest BCUT2D eigenvalue weighted by Gasteiger charge is 2.15. The van der Waals surface area contributed by atoms with E-state index in [0.29, 0.717) is 19.0 Å². The van der Waals surface area contributed by atoms with Crippen LogP contribution in [0.2, 0.25) is 0 Å². The number of nitrogen functional groups attached to an aromatic ring is 1. The lowest BCUT2D eigenvalue weighted by Crippen LogP contribution is -2.02. The normalized spacial score (nSPS) is 11.3. The molecule has 2 N–H and O–H groups in total. The Balaban J connectivity index is 1.29. The van der Waals surface area contributed by atoms with E-state index >= 15 is 0 Å². The Labute approximate surface area is 209 Å². The van der Waals surface area contributed by atoms with Crippen molar-refractivity contribution in [2.45, 2.75) is 19.4 Å². The molecule has 0 aliphatic rings. The number of fused-ring (bicyclic) bond motifs is 1. The van der Waals surface area contributed by atoms with Crippen LogP contribution in [-0.2, 0) is 24.8 Å². The molecule has 0 aliphatic heterocycles. The van der Waals surface area contributed by atoms with Crippen LogP contribution in [0.1, 0.15) is 17.8 Å². The van der Waals surface area contributed by atoms with E-state index in [4.69, 9.17) is 20.2 Å². The highest BCUT2D eigenvalue weighted by molar-refractivity contribution is 7.18. The molecular formula is C28H28N4O2S. The molecule has 5 aromatic rings. The van der Waals surface area contributed by atoms with Crippen molar-refractivity contribution in [3.8, 4) is 26.8 Å². The van der Waals surface area contributed by atoms with Gasteiger partial charge in [-0.15, -0.1) is 11.3 Å². The van der Waals surface area contributed by atoms with Crippen molar-refractivity contribution in [3.05, 3.63) is 84.2 Å². The van der Waals surface area contributed by atoms with Gasteiger partial charge in [-0.1, -0.05) is 30.3 Å². The topological polar surface area (TPSA) is 75.2 Å². The number of nitrogens with two attached hydrogens (primary N) is 1. The number of hydrogen-bond donors (Lipinski definition) is 1. The number of nitrogens with zero attached hydrogens (tertiary/aromatic N) is 3. The van der Waals surface area contributed by atoms with Gasteiger partial charge in [0.1, 0.15) is 17.1 Å². The zero-order valence-electron chi connectivity index (χ0n) is 19.9. The lowest BCUT2D eigenvalue weighted by molar-refractivity contribution is 0.118. The third kappa shape index (κ3) is 5.06. The summed E-state index contributed by atoms with van der Waals surface area (Å²) in [7, 11) is 3.71. The lowest BCUT2D eigenvalue weighted by atomic mass is 10.2. The molecule has 5 rings (SSSR count). The highest BCUT2D eigenvalue weighted by atomic mass is 32.1. The van der Waals surface area contributed by atoms with Crippen molar-refractivity contribution in [1.29, 1.82) is 0 Å². The monoisotopic (exact) mass is 484 g/mol. The molecule has 0 atom stereocenters. The van der Waals surface area contributed by atoms with Crippen LogP contribution in [0.25, 0.3) is 32.0 Å². The maximum Gasteiger partial charge on any atom is 0.152 e. The van der Waals surface area contributed by atoms with Crippen molar-refractivity contribution >= 4 is 28.2 Å². The maximum absolute atomic E-state index is 6.35. The minimum atomic E-state index is 0.457. The van der Waals surface area contributed by atoms with Crippen LogP contribution in [0.15, 0.2) is 72.8 Å². The van der Waals surface area contributed by atoms with Gasteiger partial charge >= 0.3 is 0 Å². The average Bonchev–Trinajstić information content (AvgIpc) is 3.50. The van der Waals surface area contributed by atoms with Crippen molar-refractivity contribution < 1.29 is 9.47 Å². The first kappa shape index (κ1) is 23.1. The molecule has 0 amide bonds. The van der Waals surface area contributed by atoms with Gasteiger partial charge in [-0.05, 0) is 60.0 Å². The minimum absolute atomic E-state index is 0.457. The number of methoxy groups -OCH3 is 1. The first-order valence-corrected chi connectivity index (χ1v) is 12.4. The molecule has 0 bridgehead atoms. The van der Waals surface area contributed by atoms with E-state index in [-0.39, 0.29) is 0 Å². The number of anilines is 1. The minimum Gasteiger partial charge on any atom is -0.497 e. The van der Waals surface area contributed by atoms with Crippen LogP contribution in [0, 0.1) is 0 Å². The summed E-state index contributed by atoms with van der Waals surface area (Å²) >= 11 is 1.69. The third-order valence-corrected chi connectivity index (χ3v) is 7.18. The largest absolute Gasteiger partial charge is 0.497 e. The lowest BCUT2D eigenvalue weighted by Gasteiger charge is -2.05. The van der Waals surface area contributed by atoms with Crippen LogP contribution in [-0.4, -0.2) is 28.3 Å². The molecule has 2 aromatic carbocycles. The third-order valence-electron chi connectivity index (χ3n) is 6.02. The summed E-state index contributed by atoms with van der Waals surface area (Å²) in [6.07, 6.45) is 1.70. The number of pyridine rings is 1. The Morgan fingerprint density at radius 3 is 2.49 bits per heavy atom. The van der Waals surface area contributed by atoms with Gasteiger partial charge in [-0.3, -0.25) is 0 Å². The molecule has 3 heterocycles. The SMILES string of the molecule is COc1ccc(-c2ccc(-c3cc4c(nc(CCCOCc5ccccc5)n4C)c(N)n3)s2)cc1. The predicted octanol–water partition coefficient (Wildman–Crippen LogP) is 6.10. The number of hydrogen-bond acceptors (Lipinski definition) is 6. The highest BCUT2D eigenvalue weighted by Crippen LogP contribution is 2.36. The van der Waals surface area contributed by atoms with Crippen LogP contribution < -0.4 is 10.5 Å². The van der Waals surface area contributed by atoms with Crippen molar-refractivity contribution in [1.82, 2.24) is 14.5 Å². The van der Waals surface area contributed by atoms with Gasteiger partial charge in [0.15, 0.2) is 5.82 Å². The molecule has 178 valence electrons. The summed E-state index contributed by atoms with van der Waals surface area (Å²) in [6.45, 7) is 1.31. The second-order valence-corrected chi connectivity index (χ2v) is 9.47. The summed E-state index contributed by atoms with van der Waals surface area (Å²) in [6, 6.07) is 24.6. The van der Waals surface area contributed by atoms with E-state index in [9.17, 15) is 0 Å². The van der Waals surface area contributed by atoms with Gasteiger partial charge in [0.2, 0.25) is 0 Å². The number of aryl methyl sites for hydroxylation is 2.